The lowest BCUT2D eigenvalue weighted by Crippen LogP contribution is -2.25. The minimum atomic E-state index is -0.232. The van der Waals surface area contributed by atoms with Crippen LogP contribution in [0.2, 0.25) is 0 Å². The Morgan fingerprint density at radius 2 is 2.33 bits per heavy atom. The van der Waals surface area contributed by atoms with E-state index in [1.165, 1.54) is 5.56 Å². The number of hydrogen-bond donors (Lipinski definition) is 1. The van der Waals surface area contributed by atoms with E-state index >= 15 is 0 Å². The second kappa shape index (κ2) is 3.93. The Morgan fingerprint density at radius 1 is 1.53 bits per heavy atom. The van der Waals surface area contributed by atoms with Gasteiger partial charge < -0.3 is 10.5 Å². The highest BCUT2D eigenvalue weighted by Gasteiger charge is 2.24. The van der Waals surface area contributed by atoms with E-state index < -0.39 is 0 Å². The molecule has 15 heavy (non-hydrogen) atoms. The second-order valence-corrected chi connectivity index (χ2v) is 3.91. The first kappa shape index (κ1) is 10.0. The van der Waals surface area contributed by atoms with Gasteiger partial charge in [-0.2, -0.15) is 0 Å². The van der Waals surface area contributed by atoms with Crippen molar-refractivity contribution < 1.29 is 9.53 Å². The monoisotopic (exact) mass is 205 g/mol. The summed E-state index contributed by atoms with van der Waals surface area (Å²) in [4.78, 5) is 11.3. The van der Waals surface area contributed by atoms with Crippen molar-refractivity contribution in [2.24, 2.45) is 5.73 Å². The molecular formula is C12H15NO2. The first-order valence-corrected chi connectivity index (χ1v) is 5.18. The van der Waals surface area contributed by atoms with Gasteiger partial charge in [-0.3, -0.25) is 4.79 Å². The first-order chi connectivity index (χ1) is 7.22. The van der Waals surface area contributed by atoms with Gasteiger partial charge in [0.1, 0.15) is 5.75 Å². The summed E-state index contributed by atoms with van der Waals surface area (Å²) >= 11 is 0. The molecule has 1 aromatic carbocycles. The van der Waals surface area contributed by atoms with E-state index in [0.29, 0.717) is 0 Å². The molecule has 0 aliphatic heterocycles. The molecular weight excluding hydrogens is 190 g/mol. The zero-order chi connectivity index (χ0) is 10.8. The molecule has 0 heterocycles. The molecule has 0 fully saturated rings. The molecule has 3 heteroatoms. The van der Waals surface area contributed by atoms with Crippen LogP contribution in [0.25, 0.3) is 0 Å². The van der Waals surface area contributed by atoms with Crippen molar-refractivity contribution in [2.45, 2.75) is 25.2 Å². The molecule has 0 saturated heterocycles. The van der Waals surface area contributed by atoms with Crippen LogP contribution < -0.4 is 10.5 Å². The van der Waals surface area contributed by atoms with Crippen LogP contribution in [0.3, 0.4) is 0 Å². The topological polar surface area (TPSA) is 52.3 Å². The third-order valence-corrected chi connectivity index (χ3v) is 3.01. The highest BCUT2D eigenvalue weighted by Crippen LogP contribution is 2.33. The fourth-order valence-electron chi connectivity index (χ4n) is 2.20. The molecule has 1 unspecified atom stereocenters. The summed E-state index contributed by atoms with van der Waals surface area (Å²) in [7, 11) is 1.63. The number of hydrogen-bond acceptors (Lipinski definition) is 2. The van der Waals surface area contributed by atoms with Crippen LogP contribution in [-0.2, 0) is 11.2 Å². The minimum Gasteiger partial charge on any atom is -0.497 e. The van der Waals surface area contributed by atoms with Gasteiger partial charge in [0.25, 0.3) is 0 Å². The predicted molar refractivity (Wildman–Crippen MR) is 57.9 cm³/mol. The van der Waals surface area contributed by atoms with Crippen LogP contribution in [0.15, 0.2) is 18.2 Å². The van der Waals surface area contributed by atoms with E-state index in [1.54, 1.807) is 7.11 Å². The molecule has 1 aliphatic carbocycles. The predicted octanol–water partition coefficient (Wildman–Crippen LogP) is 1.60. The number of ether oxygens (including phenoxy) is 1. The van der Waals surface area contributed by atoms with Gasteiger partial charge in [-0.25, -0.2) is 0 Å². The molecule has 3 nitrogen and oxygen atoms in total. The quantitative estimate of drug-likeness (QED) is 0.797. The summed E-state index contributed by atoms with van der Waals surface area (Å²) in [6.45, 7) is 0. The van der Waals surface area contributed by atoms with Crippen LogP contribution >= 0.6 is 0 Å². The Labute approximate surface area is 89.2 Å². The minimum absolute atomic E-state index is 0.135. The SMILES string of the molecule is COc1ccc2c(c1)C(C(N)=O)CCC2. The van der Waals surface area contributed by atoms with Gasteiger partial charge >= 0.3 is 0 Å². The standard InChI is InChI=1S/C12H15NO2/c1-15-9-6-5-8-3-2-4-10(12(13)14)11(8)7-9/h5-7,10H,2-4H2,1H3,(H2,13,14). The maximum Gasteiger partial charge on any atom is 0.224 e. The molecule has 0 saturated carbocycles. The molecule has 80 valence electrons. The van der Waals surface area contributed by atoms with E-state index in [-0.39, 0.29) is 11.8 Å². The fraction of sp³-hybridized carbons (Fsp3) is 0.417. The molecule has 2 N–H and O–H groups in total. The number of primary amides is 1. The van der Waals surface area contributed by atoms with E-state index in [0.717, 1.165) is 30.6 Å². The molecule has 2 rings (SSSR count). The third kappa shape index (κ3) is 1.82. The number of fused-ring (bicyclic) bond motifs is 1. The maximum atomic E-state index is 11.3. The van der Waals surface area contributed by atoms with Crippen LogP contribution in [0.5, 0.6) is 5.75 Å². The first-order valence-electron chi connectivity index (χ1n) is 5.18. The zero-order valence-electron chi connectivity index (χ0n) is 8.82. The Balaban J connectivity index is 2.43. The van der Waals surface area contributed by atoms with E-state index in [4.69, 9.17) is 10.5 Å². The van der Waals surface area contributed by atoms with Crippen molar-refractivity contribution in [1.82, 2.24) is 0 Å². The van der Waals surface area contributed by atoms with Crippen LogP contribution in [0, 0.1) is 0 Å². The number of methoxy groups -OCH3 is 1. The van der Waals surface area contributed by atoms with Crippen molar-refractivity contribution in [1.29, 1.82) is 0 Å². The number of aryl methyl sites for hydroxylation is 1. The molecule has 0 radical (unpaired) electrons. The number of carbonyl (C=O) groups excluding carboxylic acids is 1. The molecule has 1 atom stereocenters. The molecule has 0 aromatic heterocycles. The summed E-state index contributed by atoms with van der Waals surface area (Å²) in [6, 6.07) is 5.90. The number of nitrogens with two attached hydrogens (primary N) is 1. The zero-order valence-corrected chi connectivity index (χ0v) is 8.82. The van der Waals surface area contributed by atoms with Gasteiger partial charge in [-0.05, 0) is 42.5 Å². The number of carbonyl (C=O) groups is 1. The van der Waals surface area contributed by atoms with E-state index in [9.17, 15) is 4.79 Å². The largest absolute Gasteiger partial charge is 0.497 e. The van der Waals surface area contributed by atoms with Crippen molar-refractivity contribution in [2.75, 3.05) is 7.11 Å². The highest BCUT2D eigenvalue weighted by molar-refractivity contribution is 5.82. The molecule has 1 amide bonds. The maximum absolute atomic E-state index is 11.3. The second-order valence-electron chi connectivity index (χ2n) is 3.91. The molecule has 0 spiro atoms. The van der Waals surface area contributed by atoms with Crippen LogP contribution in [0.1, 0.15) is 29.9 Å². The van der Waals surface area contributed by atoms with Gasteiger partial charge in [0.15, 0.2) is 0 Å². The van der Waals surface area contributed by atoms with Gasteiger partial charge in [0.2, 0.25) is 5.91 Å². The Morgan fingerprint density at radius 3 is 3.00 bits per heavy atom. The Hall–Kier alpha value is -1.51. The van der Waals surface area contributed by atoms with Gasteiger partial charge in [0.05, 0.1) is 13.0 Å². The van der Waals surface area contributed by atoms with Crippen molar-refractivity contribution in [3.8, 4) is 5.75 Å². The third-order valence-electron chi connectivity index (χ3n) is 3.01. The van der Waals surface area contributed by atoms with Gasteiger partial charge in [-0.15, -0.1) is 0 Å². The van der Waals surface area contributed by atoms with Crippen molar-refractivity contribution >= 4 is 5.91 Å². The van der Waals surface area contributed by atoms with Gasteiger partial charge in [0, 0.05) is 0 Å². The van der Waals surface area contributed by atoms with Crippen LogP contribution in [-0.4, -0.2) is 13.0 Å². The van der Waals surface area contributed by atoms with Gasteiger partial charge in [-0.1, -0.05) is 6.07 Å². The average Bonchev–Trinajstić information content (AvgIpc) is 2.27. The molecule has 1 aromatic rings. The Bertz CT molecular complexity index is 387. The summed E-state index contributed by atoms with van der Waals surface area (Å²) in [6.07, 6.45) is 2.92. The average molecular weight is 205 g/mol. The summed E-state index contributed by atoms with van der Waals surface area (Å²) < 4.78 is 5.16. The van der Waals surface area contributed by atoms with Crippen molar-refractivity contribution in [3.63, 3.8) is 0 Å². The summed E-state index contributed by atoms with van der Waals surface area (Å²) in [5, 5.41) is 0. The summed E-state index contributed by atoms with van der Waals surface area (Å²) in [5.74, 6) is 0.426. The smallest absolute Gasteiger partial charge is 0.224 e. The lowest BCUT2D eigenvalue weighted by Gasteiger charge is -2.23. The van der Waals surface area contributed by atoms with E-state index in [1.807, 2.05) is 18.2 Å². The number of rotatable bonds is 2. The van der Waals surface area contributed by atoms with Crippen molar-refractivity contribution in [3.05, 3.63) is 29.3 Å². The summed E-state index contributed by atoms with van der Waals surface area (Å²) in [5.41, 5.74) is 7.67. The molecule has 1 aliphatic rings. The molecule has 0 bridgehead atoms. The lowest BCUT2D eigenvalue weighted by molar-refractivity contribution is -0.119. The van der Waals surface area contributed by atoms with Crippen LogP contribution in [0.4, 0.5) is 0 Å². The fourth-order valence-corrected chi connectivity index (χ4v) is 2.20. The number of amides is 1. The Kier molecular flexibility index (Phi) is 2.62. The number of benzene rings is 1. The van der Waals surface area contributed by atoms with E-state index in [2.05, 4.69) is 0 Å². The lowest BCUT2D eigenvalue weighted by atomic mass is 9.82. The highest BCUT2D eigenvalue weighted by atomic mass is 16.5. The normalized spacial score (nSPS) is 19.4.